The smallest absolute Gasteiger partial charge is 0.346 e. The summed E-state index contributed by atoms with van der Waals surface area (Å²) < 4.78 is 28.6. The Kier molecular flexibility index (Phi) is 3.50. The first-order valence-electron chi connectivity index (χ1n) is 7.02. The van der Waals surface area contributed by atoms with Gasteiger partial charge in [0.2, 0.25) is 5.66 Å². The van der Waals surface area contributed by atoms with Crippen molar-refractivity contribution in [3.05, 3.63) is 0 Å². The van der Waals surface area contributed by atoms with E-state index in [0.717, 1.165) is 0 Å². The maximum atomic E-state index is 11.3. The van der Waals surface area contributed by atoms with Crippen molar-refractivity contribution in [2.45, 2.75) is 42.6 Å². The number of rotatable bonds is 3. The van der Waals surface area contributed by atoms with Crippen LogP contribution in [0.3, 0.4) is 0 Å². The monoisotopic (exact) mass is 366 g/mol. The summed E-state index contributed by atoms with van der Waals surface area (Å²) in [5, 5.41) is 41.4. The fourth-order valence-electron chi connectivity index (χ4n) is 3.81. The van der Waals surface area contributed by atoms with Crippen LogP contribution in [0.5, 0.6) is 0 Å². The van der Waals surface area contributed by atoms with Crippen LogP contribution in [0.2, 0.25) is 0 Å². The number of aliphatic imine (C=N–C) groups is 1. The van der Waals surface area contributed by atoms with Crippen LogP contribution in [-0.4, -0.2) is 82.5 Å². The Hall–Kier alpha value is -1.71. The third kappa shape index (κ3) is 2.01. The maximum absolute atomic E-state index is 11.3. The van der Waals surface area contributed by atoms with E-state index >= 15 is 0 Å². The lowest BCUT2D eigenvalue weighted by atomic mass is 9.86. The van der Waals surface area contributed by atoms with Crippen molar-refractivity contribution >= 4 is 22.2 Å². The largest absolute Gasteiger partial charge is 0.393 e. The van der Waals surface area contributed by atoms with Gasteiger partial charge in [-0.3, -0.25) is 11.1 Å². The fraction of sp³-hybridized carbons (Fsp3) is 0.800. The van der Waals surface area contributed by atoms with Crippen molar-refractivity contribution in [2.24, 2.45) is 21.6 Å². The van der Waals surface area contributed by atoms with Gasteiger partial charge in [0.05, 0.1) is 6.61 Å². The molecule has 13 nitrogen and oxygen atoms in total. The molecule has 24 heavy (non-hydrogen) atoms. The summed E-state index contributed by atoms with van der Waals surface area (Å²) in [4.78, 5) is 4.09. The van der Waals surface area contributed by atoms with Gasteiger partial charge in [0.25, 0.3) is 5.79 Å². The summed E-state index contributed by atoms with van der Waals surface area (Å²) in [5.41, 5.74) is 9.80. The predicted molar refractivity (Wildman–Crippen MR) is 79.4 cm³/mol. The Morgan fingerprint density at radius 1 is 1.42 bits per heavy atom. The Balaban J connectivity index is 2.21. The Morgan fingerprint density at radius 3 is 2.58 bits per heavy atom. The van der Waals surface area contributed by atoms with Gasteiger partial charge in [0.1, 0.15) is 12.1 Å². The highest BCUT2D eigenvalue weighted by Crippen LogP contribution is 2.45. The minimum absolute atomic E-state index is 0.0387. The van der Waals surface area contributed by atoms with Crippen LogP contribution in [-0.2, 0) is 14.5 Å². The van der Waals surface area contributed by atoms with Gasteiger partial charge in [-0.05, 0) is 6.92 Å². The van der Waals surface area contributed by atoms with E-state index in [1.54, 1.807) is 0 Å². The first-order chi connectivity index (χ1) is 11.0. The molecule has 11 N–H and O–H groups in total. The molecule has 0 aromatic heterocycles. The molecule has 136 valence electrons. The highest BCUT2D eigenvalue weighted by Gasteiger charge is 2.78. The maximum Gasteiger partial charge on any atom is 0.346 e. The molecule has 0 aliphatic carbocycles. The zero-order chi connectivity index (χ0) is 18.1. The van der Waals surface area contributed by atoms with Crippen molar-refractivity contribution in [3.8, 4) is 0 Å². The molecule has 1 fully saturated rings. The molecule has 1 spiro atoms. The van der Waals surface area contributed by atoms with Gasteiger partial charge in [-0.25, -0.2) is 18.9 Å². The molecule has 0 aromatic rings. The highest BCUT2D eigenvalue weighted by molar-refractivity contribution is 7.84. The van der Waals surface area contributed by atoms with E-state index in [2.05, 4.69) is 15.6 Å². The summed E-state index contributed by atoms with van der Waals surface area (Å²) in [6.45, 7) is 1.03. The van der Waals surface area contributed by atoms with Crippen molar-refractivity contribution in [1.82, 2.24) is 10.6 Å². The van der Waals surface area contributed by atoms with Crippen molar-refractivity contribution < 1.29 is 32.5 Å². The summed E-state index contributed by atoms with van der Waals surface area (Å²) in [6, 6.07) is -2.74. The molecule has 1 saturated heterocycles. The van der Waals surface area contributed by atoms with Crippen LogP contribution in [0.15, 0.2) is 4.99 Å². The first kappa shape index (κ1) is 17.1. The quantitative estimate of drug-likeness (QED) is 0.174. The molecule has 3 aliphatic rings. The van der Waals surface area contributed by atoms with E-state index in [0.29, 0.717) is 0 Å². The summed E-state index contributed by atoms with van der Waals surface area (Å²) in [7, 11) is -4.50. The first-order valence-corrected chi connectivity index (χ1v) is 8.49. The zero-order valence-electron chi connectivity index (χ0n) is 12.6. The standard InChI is InChI=1S/C10H19N7O6S/c1-3-6(23-24(13,21)22)10(19,20)9-5(15-7(11)16-9)4(2-18)14-8(12)17(3)9/h3-6,18-20H,2H2,1H3,(H7,11,12,13,14,15,16,21,22)/p+1/t3-,4-,5-,6-,9-/m0/s1. The average molecular weight is 366 g/mol. The lowest BCUT2D eigenvalue weighted by Crippen LogP contribution is -2.78. The number of aliphatic hydroxyl groups excluding tert-OH is 1. The fourth-order valence-corrected chi connectivity index (χ4v) is 4.39. The molecule has 0 bridgehead atoms. The lowest BCUT2D eigenvalue weighted by Gasteiger charge is -2.43. The molecular weight excluding hydrogens is 346 g/mol. The van der Waals surface area contributed by atoms with Crippen LogP contribution in [0.25, 0.3) is 0 Å². The minimum atomic E-state index is -4.50. The summed E-state index contributed by atoms with van der Waals surface area (Å²) in [5.74, 6) is -2.98. The molecule has 3 rings (SSSR count). The third-order valence-corrected chi connectivity index (χ3v) is 5.09. The normalized spacial score (nSPS) is 40.5. The van der Waals surface area contributed by atoms with Gasteiger partial charge in [0, 0.05) is 0 Å². The highest BCUT2D eigenvalue weighted by atomic mass is 32.2. The van der Waals surface area contributed by atoms with Crippen molar-refractivity contribution in [1.29, 1.82) is 0 Å². The van der Waals surface area contributed by atoms with Gasteiger partial charge in [-0.1, -0.05) is 0 Å². The summed E-state index contributed by atoms with van der Waals surface area (Å²) in [6.07, 6.45) is -1.69. The molecule has 0 radical (unpaired) electrons. The molecule has 5 atom stereocenters. The summed E-state index contributed by atoms with van der Waals surface area (Å²) >= 11 is 0. The van der Waals surface area contributed by atoms with Crippen molar-refractivity contribution in [3.63, 3.8) is 0 Å². The van der Waals surface area contributed by atoms with Crippen LogP contribution in [0.1, 0.15) is 6.92 Å². The number of hydrogen-bond donors (Lipinski definition) is 8. The Bertz CT molecular complexity index is 736. The van der Waals surface area contributed by atoms with Crippen LogP contribution in [0.4, 0.5) is 0 Å². The number of nitrogens with one attached hydrogen (secondary N) is 2. The average Bonchev–Trinajstić information content (AvgIpc) is 2.86. The van der Waals surface area contributed by atoms with E-state index in [-0.39, 0.29) is 11.9 Å². The van der Waals surface area contributed by atoms with E-state index in [1.807, 2.05) is 0 Å². The third-order valence-electron chi connectivity index (χ3n) is 4.62. The SMILES string of the molecule is C[C@H]1[C@H](OS(N)(=O)=O)C(O)(O)[C@]23NC(N)=N[C@H]2[C@H](CO)NC(N)=[N+]13. The van der Waals surface area contributed by atoms with Gasteiger partial charge in [-0.15, -0.1) is 0 Å². The second-order valence-corrected chi connectivity index (χ2v) is 7.19. The van der Waals surface area contributed by atoms with E-state index in [1.165, 1.54) is 11.5 Å². The molecule has 0 aromatic carbocycles. The van der Waals surface area contributed by atoms with Crippen molar-refractivity contribution in [2.75, 3.05) is 6.61 Å². The van der Waals surface area contributed by atoms with Gasteiger partial charge < -0.3 is 26.4 Å². The minimum Gasteiger partial charge on any atom is -0.393 e. The number of hydrogen-bond acceptors (Lipinski definition) is 11. The molecule has 3 heterocycles. The van der Waals surface area contributed by atoms with Crippen LogP contribution in [0, 0.1) is 0 Å². The van der Waals surface area contributed by atoms with Gasteiger partial charge in [0.15, 0.2) is 18.1 Å². The molecule has 14 heteroatoms. The second kappa shape index (κ2) is 4.90. The zero-order valence-corrected chi connectivity index (χ0v) is 13.4. The topological polar surface area (TPSA) is 222 Å². The Morgan fingerprint density at radius 2 is 2.04 bits per heavy atom. The number of guanidine groups is 2. The van der Waals surface area contributed by atoms with Crippen LogP contribution < -0.4 is 27.2 Å². The number of nitrogens with zero attached hydrogens (tertiary/aromatic N) is 2. The van der Waals surface area contributed by atoms with Gasteiger partial charge >= 0.3 is 16.3 Å². The predicted octanol–water partition coefficient (Wildman–Crippen LogP) is -6.07. The second-order valence-electron chi connectivity index (χ2n) is 6.02. The molecule has 0 unspecified atom stereocenters. The van der Waals surface area contributed by atoms with E-state index < -0.39 is 52.6 Å². The van der Waals surface area contributed by atoms with Crippen LogP contribution >= 0.6 is 0 Å². The molecule has 0 amide bonds. The number of nitrogens with two attached hydrogens (primary N) is 3. The van der Waals surface area contributed by atoms with E-state index in [9.17, 15) is 23.7 Å². The number of aliphatic hydroxyl groups is 3. The van der Waals surface area contributed by atoms with E-state index in [4.69, 9.17) is 20.8 Å². The van der Waals surface area contributed by atoms with Gasteiger partial charge in [-0.2, -0.15) is 8.42 Å². The Labute approximate surface area is 137 Å². The molecule has 0 saturated carbocycles. The molecule has 3 aliphatic heterocycles. The lowest BCUT2D eigenvalue weighted by molar-refractivity contribution is -0.646. The molecular formula is C10H20N7O6S+.